The lowest BCUT2D eigenvalue weighted by atomic mass is 10.2. The van der Waals surface area contributed by atoms with E-state index in [2.05, 4.69) is 29.2 Å². The van der Waals surface area contributed by atoms with Gasteiger partial charge in [-0.25, -0.2) is 13.3 Å². The van der Waals surface area contributed by atoms with Gasteiger partial charge in [0, 0.05) is 10.1 Å². The maximum Gasteiger partial charge on any atom is 0.252 e. The number of nitrogens with zero attached hydrogens (tertiary/aromatic N) is 2. The summed E-state index contributed by atoms with van der Waals surface area (Å²) < 4.78 is 33.4. The predicted octanol–water partition coefficient (Wildman–Crippen LogP) is 2.81. The van der Waals surface area contributed by atoms with Crippen molar-refractivity contribution < 1.29 is 22.7 Å². The third-order valence-electron chi connectivity index (χ3n) is 4.53. The van der Waals surface area contributed by atoms with E-state index in [0.717, 1.165) is 12.8 Å². The van der Waals surface area contributed by atoms with Crippen molar-refractivity contribution in [3.8, 4) is 5.75 Å². The molecule has 3 rings (SSSR count). The maximum atomic E-state index is 13.2. The molecule has 0 spiro atoms. The van der Waals surface area contributed by atoms with Gasteiger partial charge in [-0.15, -0.1) is 6.58 Å². The normalized spacial score (nSPS) is 17.1. The van der Waals surface area contributed by atoms with E-state index < -0.39 is 27.9 Å². The van der Waals surface area contributed by atoms with E-state index in [1.807, 2.05) is 0 Å². The second-order valence-electron chi connectivity index (χ2n) is 6.30. The third-order valence-corrected chi connectivity index (χ3v) is 7.14. The van der Waals surface area contributed by atoms with Crippen molar-refractivity contribution in [3.63, 3.8) is 0 Å². The van der Waals surface area contributed by atoms with E-state index in [4.69, 9.17) is 4.74 Å². The van der Waals surface area contributed by atoms with Crippen LogP contribution < -0.4 is 9.64 Å². The molecule has 1 atom stereocenters. The van der Waals surface area contributed by atoms with Gasteiger partial charge in [0.25, 0.3) is 5.91 Å². The summed E-state index contributed by atoms with van der Waals surface area (Å²) in [6.07, 6.45) is 1.17. The molecule has 7 nitrogen and oxygen atoms in total. The zero-order valence-corrected chi connectivity index (χ0v) is 18.6. The average molecular weight is 526 g/mol. The number of amides is 2. The second-order valence-corrected chi connectivity index (χ2v) is 9.44. The highest BCUT2D eigenvalue weighted by molar-refractivity contribution is 14.1. The molecule has 2 aromatic rings. The van der Waals surface area contributed by atoms with Crippen molar-refractivity contribution in [2.75, 3.05) is 18.6 Å². The fraction of sp³-hybridized carbons (Fsp3) is 0.200. The molecule has 1 unspecified atom stereocenters. The van der Waals surface area contributed by atoms with Gasteiger partial charge in [-0.3, -0.25) is 9.59 Å². The molecule has 0 N–H and O–H groups in total. The van der Waals surface area contributed by atoms with Crippen LogP contribution in [0.2, 0.25) is 0 Å². The van der Waals surface area contributed by atoms with Gasteiger partial charge in [-0.2, -0.15) is 4.31 Å². The van der Waals surface area contributed by atoms with Gasteiger partial charge in [0.05, 0.1) is 24.1 Å². The summed E-state index contributed by atoms with van der Waals surface area (Å²) in [4.78, 5) is 26.7. The van der Waals surface area contributed by atoms with Crippen molar-refractivity contribution in [2.45, 2.75) is 17.4 Å². The van der Waals surface area contributed by atoms with E-state index in [1.165, 1.54) is 37.5 Å². The molecule has 0 aliphatic carbocycles. The molecular weight excluding hydrogens is 507 g/mol. The SMILES string of the molecule is C=CCN(C1CC(=O)N(c2ccc(I)cc2)C1=O)S(=O)(=O)c1ccc(OC)cc1. The largest absolute Gasteiger partial charge is 0.497 e. The Labute approximate surface area is 183 Å². The van der Waals surface area contributed by atoms with Crippen molar-refractivity contribution >= 4 is 50.1 Å². The van der Waals surface area contributed by atoms with Gasteiger partial charge in [0.2, 0.25) is 15.9 Å². The van der Waals surface area contributed by atoms with Gasteiger partial charge >= 0.3 is 0 Å². The number of imide groups is 1. The van der Waals surface area contributed by atoms with E-state index >= 15 is 0 Å². The minimum Gasteiger partial charge on any atom is -0.497 e. The number of hydrogen-bond acceptors (Lipinski definition) is 5. The number of carbonyl (C=O) groups excluding carboxylic acids is 2. The monoisotopic (exact) mass is 526 g/mol. The van der Waals surface area contributed by atoms with Crippen LogP contribution in [0.5, 0.6) is 5.75 Å². The Bertz CT molecular complexity index is 1040. The summed E-state index contributed by atoms with van der Waals surface area (Å²) in [6.45, 7) is 3.50. The molecule has 0 radical (unpaired) electrons. The molecule has 1 saturated heterocycles. The van der Waals surface area contributed by atoms with Gasteiger partial charge in [0.15, 0.2) is 0 Å². The molecule has 0 bridgehead atoms. The first-order valence-corrected chi connectivity index (χ1v) is 11.2. The van der Waals surface area contributed by atoms with Crippen LogP contribution in [-0.2, 0) is 19.6 Å². The summed E-state index contributed by atoms with van der Waals surface area (Å²) in [5, 5.41) is 0. The first-order valence-electron chi connectivity index (χ1n) is 8.68. The van der Waals surface area contributed by atoms with Crippen LogP contribution in [-0.4, -0.2) is 44.2 Å². The lowest BCUT2D eigenvalue weighted by molar-refractivity contribution is -0.122. The molecule has 2 amide bonds. The average Bonchev–Trinajstić information content (AvgIpc) is 3.00. The van der Waals surface area contributed by atoms with E-state index in [0.29, 0.717) is 11.4 Å². The number of sulfonamides is 1. The number of methoxy groups -OCH3 is 1. The van der Waals surface area contributed by atoms with Gasteiger partial charge in [-0.1, -0.05) is 6.08 Å². The minimum atomic E-state index is -4.03. The minimum absolute atomic E-state index is 0.00751. The molecule has 1 aliphatic rings. The summed E-state index contributed by atoms with van der Waals surface area (Å²) in [6, 6.07) is 11.6. The van der Waals surface area contributed by atoms with E-state index in [-0.39, 0.29) is 17.9 Å². The van der Waals surface area contributed by atoms with Crippen molar-refractivity contribution in [1.29, 1.82) is 0 Å². The molecule has 29 heavy (non-hydrogen) atoms. The molecule has 152 valence electrons. The Morgan fingerprint density at radius 2 is 1.79 bits per heavy atom. The molecule has 2 aromatic carbocycles. The highest BCUT2D eigenvalue weighted by Crippen LogP contribution is 2.30. The molecule has 1 aliphatic heterocycles. The number of halogens is 1. The summed E-state index contributed by atoms with van der Waals surface area (Å²) >= 11 is 2.12. The lowest BCUT2D eigenvalue weighted by Crippen LogP contribution is -2.45. The van der Waals surface area contributed by atoms with E-state index in [1.54, 1.807) is 24.3 Å². The van der Waals surface area contributed by atoms with Gasteiger partial charge in [-0.05, 0) is 71.1 Å². The van der Waals surface area contributed by atoms with Crippen LogP contribution in [0.1, 0.15) is 6.42 Å². The van der Waals surface area contributed by atoms with Crippen LogP contribution in [0.15, 0.2) is 66.1 Å². The van der Waals surface area contributed by atoms with Crippen LogP contribution in [0, 0.1) is 3.57 Å². The van der Waals surface area contributed by atoms with Crippen LogP contribution in [0.4, 0.5) is 5.69 Å². The summed E-state index contributed by atoms with van der Waals surface area (Å²) in [5.41, 5.74) is 0.420. The van der Waals surface area contributed by atoms with Crippen molar-refractivity contribution in [1.82, 2.24) is 4.31 Å². The summed E-state index contributed by atoms with van der Waals surface area (Å²) in [7, 11) is -2.55. The first kappa shape index (κ1) is 21.5. The maximum absolute atomic E-state index is 13.2. The Balaban J connectivity index is 1.96. The number of anilines is 1. The van der Waals surface area contributed by atoms with Gasteiger partial charge < -0.3 is 4.74 Å². The highest BCUT2D eigenvalue weighted by Gasteiger charge is 2.46. The topological polar surface area (TPSA) is 84.0 Å². The number of hydrogen-bond donors (Lipinski definition) is 0. The summed E-state index contributed by atoms with van der Waals surface area (Å²) in [5.74, 6) is -0.508. The highest BCUT2D eigenvalue weighted by atomic mass is 127. The Kier molecular flexibility index (Phi) is 6.39. The fourth-order valence-corrected chi connectivity index (χ4v) is 5.02. The molecule has 0 aromatic heterocycles. The van der Waals surface area contributed by atoms with Crippen molar-refractivity contribution in [3.05, 3.63) is 64.8 Å². The molecule has 0 saturated carbocycles. The number of rotatable bonds is 7. The molecule has 1 fully saturated rings. The van der Waals surface area contributed by atoms with Crippen molar-refractivity contribution in [2.24, 2.45) is 0 Å². The number of ether oxygens (including phenoxy) is 1. The fourth-order valence-electron chi connectivity index (χ4n) is 3.11. The molecule has 9 heteroatoms. The lowest BCUT2D eigenvalue weighted by Gasteiger charge is -2.25. The Morgan fingerprint density at radius 1 is 1.17 bits per heavy atom. The smallest absolute Gasteiger partial charge is 0.252 e. The van der Waals surface area contributed by atoms with Crippen LogP contribution in [0.25, 0.3) is 0 Å². The zero-order chi connectivity index (χ0) is 21.2. The molecule has 1 heterocycles. The number of carbonyl (C=O) groups is 2. The van der Waals surface area contributed by atoms with Gasteiger partial charge in [0.1, 0.15) is 11.8 Å². The number of benzene rings is 2. The third kappa shape index (κ3) is 4.21. The van der Waals surface area contributed by atoms with Crippen LogP contribution in [0.3, 0.4) is 0 Å². The first-order chi connectivity index (χ1) is 13.8. The zero-order valence-electron chi connectivity index (χ0n) is 15.6. The predicted molar refractivity (Wildman–Crippen MR) is 117 cm³/mol. The second kappa shape index (κ2) is 8.64. The van der Waals surface area contributed by atoms with Crippen LogP contribution >= 0.6 is 22.6 Å². The Hall–Kier alpha value is -2.24. The quantitative estimate of drug-likeness (QED) is 0.315. The molecular formula is C20H19IN2O5S. The standard InChI is InChI=1S/C20H19IN2O5S/c1-3-12-22(29(26,27)17-10-8-16(28-2)9-11-17)18-13-19(24)23(20(18)25)15-6-4-14(21)5-7-15/h3-11,18H,1,12-13H2,2H3. The van der Waals surface area contributed by atoms with E-state index in [9.17, 15) is 18.0 Å². The Morgan fingerprint density at radius 3 is 2.34 bits per heavy atom.